The third-order valence-corrected chi connectivity index (χ3v) is 4.70. The van der Waals surface area contributed by atoms with Crippen molar-refractivity contribution in [3.63, 3.8) is 0 Å². The number of aryl methyl sites for hydroxylation is 2. The highest BCUT2D eigenvalue weighted by Crippen LogP contribution is 2.22. The predicted molar refractivity (Wildman–Crippen MR) is 112 cm³/mol. The molecular formula is C23H20N4O2. The van der Waals surface area contributed by atoms with Gasteiger partial charge in [-0.2, -0.15) is 0 Å². The van der Waals surface area contributed by atoms with Gasteiger partial charge in [0.25, 0.3) is 11.8 Å². The molecule has 0 unspecified atom stereocenters. The van der Waals surface area contributed by atoms with Crippen LogP contribution in [-0.4, -0.2) is 21.4 Å². The number of imidazole rings is 1. The van der Waals surface area contributed by atoms with Gasteiger partial charge in [-0.1, -0.05) is 35.9 Å². The number of amides is 2. The van der Waals surface area contributed by atoms with Gasteiger partial charge in [-0.25, -0.2) is 4.98 Å². The van der Waals surface area contributed by atoms with E-state index in [1.807, 2.05) is 66.9 Å². The average molecular weight is 384 g/mol. The Morgan fingerprint density at radius 2 is 1.41 bits per heavy atom. The number of carbonyl (C=O) groups excluding carboxylic acids is 2. The van der Waals surface area contributed by atoms with Crippen LogP contribution in [0.25, 0.3) is 16.7 Å². The largest absolute Gasteiger partial charge is 0.297 e. The van der Waals surface area contributed by atoms with Crippen molar-refractivity contribution in [3.8, 4) is 5.69 Å². The van der Waals surface area contributed by atoms with Crippen LogP contribution in [0.15, 0.2) is 72.8 Å². The van der Waals surface area contributed by atoms with Crippen molar-refractivity contribution < 1.29 is 9.59 Å². The second kappa shape index (κ2) is 7.59. The average Bonchev–Trinajstić information content (AvgIpc) is 3.07. The number of para-hydroxylation sites is 1. The van der Waals surface area contributed by atoms with E-state index >= 15 is 0 Å². The topological polar surface area (TPSA) is 76.0 Å². The minimum absolute atomic E-state index is 0.372. The molecule has 6 heteroatoms. The Labute approximate surface area is 168 Å². The van der Waals surface area contributed by atoms with Gasteiger partial charge in [0.15, 0.2) is 0 Å². The zero-order valence-corrected chi connectivity index (χ0v) is 16.1. The minimum atomic E-state index is -0.403. The van der Waals surface area contributed by atoms with Crippen LogP contribution < -0.4 is 10.9 Å². The summed E-state index contributed by atoms with van der Waals surface area (Å²) >= 11 is 0. The first-order valence-electron chi connectivity index (χ1n) is 9.25. The van der Waals surface area contributed by atoms with Crippen LogP contribution in [0.5, 0.6) is 0 Å². The standard InChI is InChI=1S/C23H20N4O2/c1-15-8-10-17(11-9-15)22(28)25-26-23(29)18-12-13-21-20(14-18)24-16(2)27(21)19-6-4-3-5-7-19/h3-14H,1-2H3,(H,25,28)(H,26,29). The number of aromatic nitrogens is 2. The quantitative estimate of drug-likeness (QED) is 0.529. The van der Waals surface area contributed by atoms with E-state index in [1.54, 1.807) is 24.3 Å². The van der Waals surface area contributed by atoms with Gasteiger partial charge in [0.2, 0.25) is 0 Å². The van der Waals surface area contributed by atoms with Gasteiger partial charge in [-0.05, 0) is 56.3 Å². The van der Waals surface area contributed by atoms with Crippen molar-refractivity contribution in [2.24, 2.45) is 0 Å². The molecule has 0 saturated carbocycles. The van der Waals surface area contributed by atoms with Crippen molar-refractivity contribution in [2.45, 2.75) is 13.8 Å². The van der Waals surface area contributed by atoms with E-state index in [0.29, 0.717) is 16.6 Å². The van der Waals surface area contributed by atoms with Crippen LogP contribution in [0.2, 0.25) is 0 Å². The van der Waals surface area contributed by atoms with Gasteiger partial charge in [0, 0.05) is 16.8 Å². The number of hydrazine groups is 1. The number of nitrogens with one attached hydrogen (secondary N) is 2. The Morgan fingerprint density at radius 3 is 2.10 bits per heavy atom. The lowest BCUT2D eigenvalue weighted by molar-refractivity contribution is 0.0847. The van der Waals surface area contributed by atoms with Gasteiger partial charge in [-0.15, -0.1) is 0 Å². The molecule has 1 aromatic heterocycles. The lowest BCUT2D eigenvalue weighted by Crippen LogP contribution is -2.41. The van der Waals surface area contributed by atoms with Gasteiger partial charge in [0.1, 0.15) is 5.82 Å². The van der Waals surface area contributed by atoms with Crippen molar-refractivity contribution >= 4 is 22.8 Å². The Morgan fingerprint density at radius 1 is 0.793 bits per heavy atom. The SMILES string of the molecule is Cc1ccc(C(=O)NNC(=O)c2ccc3c(c2)nc(C)n3-c2ccccc2)cc1. The molecule has 4 aromatic rings. The normalized spacial score (nSPS) is 10.7. The molecule has 0 aliphatic heterocycles. The zero-order chi connectivity index (χ0) is 20.4. The van der Waals surface area contributed by atoms with E-state index in [1.165, 1.54) is 0 Å². The molecule has 0 spiro atoms. The van der Waals surface area contributed by atoms with Gasteiger partial charge in [0.05, 0.1) is 11.0 Å². The molecule has 4 rings (SSSR count). The maximum atomic E-state index is 12.5. The highest BCUT2D eigenvalue weighted by molar-refractivity contribution is 6.00. The first kappa shape index (κ1) is 18.4. The second-order valence-corrected chi connectivity index (χ2v) is 6.81. The second-order valence-electron chi connectivity index (χ2n) is 6.81. The van der Waals surface area contributed by atoms with Crippen molar-refractivity contribution in [2.75, 3.05) is 0 Å². The summed E-state index contributed by atoms with van der Waals surface area (Å²) in [4.78, 5) is 29.2. The van der Waals surface area contributed by atoms with Crippen LogP contribution >= 0.6 is 0 Å². The number of hydrogen-bond acceptors (Lipinski definition) is 3. The summed E-state index contributed by atoms with van der Waals surface area (Å²) in [5.41, 5.74) is 9.48. The van der Waals surface area contributed by atoms with E-state index in [9.17, 15) is 9.59 Å². The third-order valence-electron chi connectivity index (χ3n) is 4.70. The smallest absolute Gasteiger partial charge is 0.269 e. The number of benzene rings is 3. The van der Waals surface area contributed by atoms with Crippen molar-refractivity contribution in [3.05, 3.63) is 95.3 Å². The number of rotatable bonds is 3. The summed E-state index contributed by atoms with van der Waals surface area (Å²) in [7, 11) is 0. The maximum Gasteiger partial charge on any atom is 0.269 e. The molecule has 1 heterocycles. The zero-order valence-electron chi connectivity index (χ0n) is 16.1. The molecule has 0 saturated heterocycles. The summed E-state index contributed by atoms with van der Waals surface area (Å²) < 4.78 is 2.04. The molecule has 0 radical (unpaired) electrons. The van der Waals surface area contributed by atoms with Gasteiger partial charge >= 0.3 is 0 Å². The predicted octanol–water partition coefficient (Wildman–Crippen LogP) is 3.72. The van der Waals surface area contributed by atoms with E-state index in [0.717, 1.165) is 22.6 Å². The molecule has 2 N–H and O–H groups in total. The summed E-state index contributed by atoms with van der Waals surface area (Å²) in [6.45, 7) is 3.87. The van der Waals surface area contributed by atoms with Gasteiger partial charge < -0.3 is 0 Å². The minimum Gasteiger partial charge on any atom is -0.297 e. The molecule has 0 atom stereocenters. The first-order valence-corrected chi connectivity index (χ1v) is 9.25. The van der Waals surface area contributed by atoms with Crippen LogP contribution in [-0.2, 0) is 0 Å². The molecule has 0 aliphatic rings. The van der Waals surface area contributed by atoms with Crippen LogP contribution in [0, 0.1) is 13.8 Å². The number of hydrogen-bond donors (Lipinski definition) is 2. The highest BCUT2D eigenvalue weighted by Gasteiger charge is 2.13. The number of carbonyl (C=O) groups is 2. The monoisotopic (exact) mass is 384 g/mol. The summed E-state index contributed by atoms with van der Waals surface area (Å²) in [5, 5.41) is 0. The number of fused-ring (bicyclic) bond motifs is 1. The molecule has 144 valence electrons. The fourth-order valence-corrected chi connectivity index (χ4v) is 3.21. The Bertz CT molecular complexity index is 1200. The molecule has 3 aromatic carbocycles. The Balaban J connectivity index is 1.53. The lowest BCUT2D eigenvalue weighted by Gasteiger charge is -2.09. The molecule has 0 bridgehead atoms. The fourth-order valence-electron chi connectivity index (χ4n) is 3.21. The molecule has 0 aliphatic carbocycles. The molecule has 0 fully saturated rings. The van der Waals surface area contributed by atoms with E-state index in [-0.39, 0.29) is 5.91 Å². The van der Waals surface area contributed by atoms with Crippen LogP contribution in [0.3, 0.4) is 0 Å². The third kappa shape index (κ3) is 3.73. The van der Waals surface area contributed by atoms with Crippen molar-refractivity contribution in [1.82, 2.24) is 20.4 Å². The van der Waals surface area contributed by atoms with E-state index in [4.69, 9.17) is 0 Å². The van der Waals surface area contributed by atoms with Gasteiger partial charge in [-0.3, -0.25) is 25.0 Å². The molecule has 29 heavy (non-hydrogen) atoms. The summed E-state index contributed by atoms with van der Waals surface area (Å²) in [5.74, 6) is 0.0549. The molecular weight excluding hydrogens is 364 g/mol. The molecule has 2 amide bonds. The number of nitrogens with zero attached hydrogens (tertiary/aromatic N) is 2. The Hall–Kier alpha value is -3.93. The van der Waals surface area contributed by atoms with Crippen LogP contribution in [0.4, 0.5) is 0 Å². The van der Waals surface area contributed by atoms with E-state index < -0.39 is 5.91 Å². The first-order chi connectivity index (χ1) is 14.0. The maximum absolute atomic E-state index is 12.5. The summed E-state index contributed by atoms with van der Waals surface area (Å²) in [6.07, 6.45) is 0. The summed E-state index contributed by atoms with van der Waals surface area (Å²) in [6, 6.07) is 22.3. The van der Waals surface area contributed by atoms with Crippen molar-refractivity contribution in [1.29, 1.82) is 0 Å². The lowest BCUT2D eigenvalue weighted by atomic mass is 10.1. The van der Waals surface area contributed by atoms with Crippen LogP contribution in [0.1, 0.15) is 32.1 Å². The fraction of sp³-hybridized carbons (Fsp3) is 0.0870. The Kier molecular flexibility index (Phi) is 4.83. The van der Waals surface area contributed by atoms with E-state index in [2.05, 4.69) is 15.8 Å². The highest BCUT2D eigenvalue weighted by atomic mass is 16.2. The molecule has 6 nitrogen and oxygen atoms in total.